The van der Waals surface area contributed by atoms with E-state index in [1.165, 1.54) is 42.6 Å². The molecule has 0 fully saturated rings. The number of primary amides is 1. The lowest BCUT2D eigenvalue weighted by Gasteiger charge is -2.14. The van der Waals surface area contributed by atoms with Crippen LogP contribution < -0.4 is 25.2 Å². The molecule has 2 aromatic carbocycles. The number of carbonyl (C=O) groups is 2. The zero-order valence-electron chi connectivity index (χ0n) is 24.4. The predicted octanol–water partition coefficient (Wildman–Crippen LogP) is 0.851. The Morgan fingerprint density at radius 3 is 2.42 bits per heavy atom. The van der Waals surface area contributed by atoms with Crippen molar-refractivity contribution in [1.29, 1.82) is 0 Å². The van der Waals surface area contributed by atoms with Gasteiger partial charge in [0.25, 0.3) is 31.1 Å². The summed E-state index contributed by atoms with van der Waals surface area (Å²) in [6.07, 6.45) is 2.15. The van der Waals surface area contributed by atoms with E-state index in [2.05, 4.69) is 20.0 Å². The number of pyridine rings is 1. The van der Waals surface area contributed by atoms with Gasteiger partial charge in [-0.15, -0.1) is 0 Å². The summed E-state index contributed by atoms with van der Waals surface area (Å²) in [5.41, 5.74) is 6.17. The topological polar surface area (TPSA) is 211 Å². The smallest absolute Gasteiger partial charge is 0.275 e. The number of methoxy groups -OCH3 is 1. The molecule has 4 rings (SSSR count). The molecule has 17 heteroatoms. The van der Waals surface area contributed by atoms with E-state index in [0.717, 1.165) is 0 Å². The number of para-hydroxylation sites is 2. The van der Waals surface area contributed by atoms with Crippen LogP contribution >= 0.6 is 0 Å². The highest BCUT2D eigenvalue weighted by atomic mass is 32.2. The van der Waals surface area contributed by atoms with Crippen molar-refractivity contribution in [2.75, 3.05) is 33.5 Å². The third-order valence-electron chi connectivity index (χ3n) is 6.36. The number of ether oxygens (including phenoxy) is 3. The molecule has 15 nitrogen and oxygen atoms in total. The van der Waals surface area contributed by atoms with E-state index in [-0.39, 0.29) is 34.8 Å². The summed E-state index contributed by atoms with van der Waals surface area (Å²) in [6.45, 7) is 1.60. The number of hydrogen-bond acceptors (Lipinski definition) is 11. The summed E-state index contributed by atoms with van der Waals surface area (Å²) in [4.78, 5) is 30.7. The maximum absolute atomic E-state index is 13.9. The minimum atomic E-state index is -4.51. The molecule has 2 aromatic heterocycles. The number of rotatable bonds is 16. The number of sulfonamides is 1. The molecule has 0 radical (unpaired) electrons. The van der Waals surface area contributed by atoms with Crippen molar-refractivity contribution in [3.63, 3.8) is 0 Å². The van der Waals surface area contributed by atoms with Gasteiger partial charge in [0.2, 0.25) is 5.91 Å². The van der Waals surface area contributed by atoms with Gasteiger partial charge in [-0.05, 0) is 49.4 Å². The first-order chi connectivity index (χ1) is 21.4. The maximum atomic E-state index is 13.9. The van der Waals surface area contributed by atoms with Crippen LogP contribution in [0.1, 0.15) is 17.7 Å². The summed E-state index contributed by atoms with van der Waals surface area (Å²) in [5.74, 6) is -0.643. The molecule has 4 aromatic rings. The van der Waals surface area contributed by atoms with Crippen LogP contribution in [0.3, 0.4) is 0 Å². The number of hydrogen-bond donors (Lipinski definition) is 3. The lowest BCUT2D eigenvalue weighted by atomic mass is 10.2. The molecule has 0 atom stereocenters. The molecular formula is C28H32N6O9S2. The number of aromatic nitrogens is 3. The molecule has 240 valence electrons. The number of nitrogens with one attached hydrogen (secondary N) is 2. The lowest BCUT2D eigenvalue weighted by molar-refractivity contribution is -0.126. The number of amides is 2. The molecule has 0 bridgehead atoms. The molecule has 0 spiro atoms. The second-order valence-electron chi connectivity index (χ2n) is 9.56. The Hall–Kier alpha value is -4.58. The van der Waals surface area contributed by atoms with Gasteiger partial charge in [0.15, 0.2) is 6.61 Å². The zero-order chi connectivity index (χ0) is 32.6. The minimum absolute atomic E-state index is 0.0464. The van der Waals surface area contributed by atoms with Gasteiger partial charge in [0, 0.05) is 31.9 Å². The number of nitrogens with two attached hydrogens (primary N) is 1. The van der Waals surface area contributed by atoms with Crippen LogP contribution in [0.5, 0.6) is 11.5 Å². The molecule has 4 N–H and O–H groups in total. The SMILES string of the molecule is COCCCOc1ccnc(CNS(=O)(=O)c2nc3ccccc3n2S(=O)(=O)c2ccc(OCC(=O)NCC(N)=O)cc2)c1C. The van der Waals surface area contributed by atoms with Gasteiger partial charge >= 0.3 is 0 Å². The average molecular weight is 661 g/mol. The number of benzene rings is 2. The molecule has 45 heavy (non-hydrogen) atoms. The Bertz CT molecular complexity index is 1890. The number of nitrogens with zero attached hydrogens (tertiary/aromatic N) is 3. The lowest BCUT2D eigenvalue weighted by Crippen LogP contribution is -2.36. The average Bonchev–Trinajstić information content (AvgIpc) is 3.43. The van der Waals surface area contributed by atoms with E-state index in [4.69, 9.17) is 19.9 Å². The predicted molar refractivity (Wildman–Crippen MR) is 161 cm³/mol. The zero-order valence-corrected chi connectivity index (χ0v) is 26.1. The first-order valence-electron chi connectivity index (χ1n) is 13.5. The van der Waals surface area contributed by atoms with Crippen molar-refractivity contribution < 1.29 is 40.6 Å². The molecule has 0 aliphatic heterocycles. The molecule has 2 heterocycles. The van der Waals surface area contributed by atoms with Crippen molar-refractivity contribution in [1.82, 2.24) is 24.0 Å². The second kappa shape index (κ2) is 14.5. The van der Waals surface area contributed by atoms with Crippen molar-refractivity contribution in [2.24, 2.45) is 5.73 Å². The summed E-state index contributed by atoms with van der Waals surface area (Å²) >= 11 is 0. The number of fused-ring (bicyclic) bond motifs is 1. The van der Waals surface area contributed by atoms with E-state index in [1.807, 2.05) is 0 Å². The molecule has 0 saturated carbocycles. The second-order valence-corrected chi connectivity index (χ2v) is 13.0. The van der Waals surface area contributed by atoms with E-state index in [9.17, 15) is 26.4 Å². The third kappa shape index (κ3) is 8.13. The minimum Gasteiger partial charge on any atom is -0.493 e. The molecule has 0 aliphatic rings. The van der Waals surface area contributed by atoms with Gasteiger partial charge in [-0.3, -0.25) is 14.6 Å². The van der Waals surface area contributed by atoms with Gasteiger partial charge in [-0.25, -0.2) is 30.5 Å². The van der Waals surface area contributed by atoms with Crippen molar-refractivity contribution in [3.8, 4) is 11.5 Å². The van der Waals surface area contributed by atoms with Crippen molar-refractivity contribution >= 4 is 42.9 Å². The standard InChI is InChI=1S/C28H32N6O9S2/c1-19-23(30-13-12-25(19)42-15-5-14-41-2)16-32-44(37,38)28-33-22-6-3-4-7-24(22)34(28)45(39,40)21-10-8-20(9-11-21)43-18-27(36)31-17-26(29)35/h3-4,6-13,32H,5,14-18H2,1-2H3,(H2,29,35)(H,31,36). The fourth-order valence-electron chi connectivity index (χ4n) is 4.09. The fourth-order valence-corrected chi connectivity index (χ4v) is 7.02. The van der Waals surface area contributed by atoms with Crippen LogP contribution in [0.25, 0.3) is 11.0 Å². The summed E-state index contributed by atoms with van der Waals surface area (Å²) in [6, 6.07) is 12.8. The van der Waals surface area contributed by atoms with E-state index in [1.54, 1.807) is 32.2 Å². The number of imidazole rings is 1. The molecule has 2 amide bonds. The number of carbonyl (C=O) groups excluding carboxylic acids is 2. The highest BCUT2D eigenvalue weighted by Gasteiger charge is 2.31. The molecular weight excluding hydrogens is 628 g/mol. The van der Waals surface area contributed by atoms with Crippen LogP contribution in [-0.4, -0.2) is 76.1 Å². The monoisotopic (exact) mass is 660 g/mol. The van der Waals surface area contributed by atoms with Gasteiger partial charge in [-0.2, -0.15) is 0 Å². The highest BCUT2D eigenvalue weighted by molar-refractivity contribution is 7.92. The van der Waals surface area contributed by atoms with Crippen molar-refractivity contribution in [2.45, 2.75) is 29.9 Å². The Kier molecular flexibility index (Phi) is 10.7. The van der Waals surface area contributed by atoms with Gasteiger partial charge in [0.05, 0.1) is 41.3 Å². The largest absolute Gasteiger partial charge is 0.493 e. The molecule has 0 unspecified atom stereocenters. The molecule has 0 aliphatic carbocycles. The maximum Gasteiger partial charge on any atom is 0.275 e. The van der Waals surface area contributed by atoms with E-state index >= 15 is 0 Å². The van der Waals surface area contributed by atoms with E-state index < -0.39 is 43.6 Å². The summed E-state index contributed by atoms with van der Waals surface area (Å²) in [5, 5.41) is 1.52. The van der Waals surface area contributed by atoms with Crippen LogP contribution in [-0.2, 0) is 40.9 Å². The fraction of sp³-hybridized carbons (Fsp3) is 0.286. The quantitative estimate of drug-likeness (QED) is 0.143. The Balaban J connectivity index is 1.58. The Morgan fingerprint density at radius 1 is 0.978 bits per heavy atom. The normalized spacial score (nSPS) is 11.8. The van der Waals surface area contributed by atoms with E-state index in [0.29, 0.717) is 40.6 Å². The van der Waals surface area contributed by atoms with Crippen molar-refractivity contribution in [3.05, 3.63) is 72.1 Å². The highest BCUT2D eigenvalue weighted by Crippen LogP contribution is 2.27. The van der Waals surface area contributed by atoms with Gasteiger partial charge < -0.3 is 25.3 Å². The first kappa shape index (κ1) is 33.3. The Morgan fingerprint density at radius 2 is 1.71 bits per heavy atom. The van der Waals surface area contributed by atoms with Crippen LogP contribution in [0.15, 0.2) is 70.8 Å². The summed E-state index contributed by atoms with van der Waals surface area (Å²) in [7, 11) is -7.43. The van der Waals surface area contributed by atoms with Crippen LogP contribution in [0.4, 0.5) is 0 Å². The van der Waals surface area contributed by atoms with Gasteiger partial charge in [-0.1, -0.05) is 12.1 Å². The van der Waals surface area contributed by atoms with Crippen LogP contribution in [0, 0.1) is 6.92 Å². The molecule has 0 saturated heterocycles. The van der Waals surface area contributed by atoms with Crippen LogP contribution in [0.2, 0.25) is 0 Å². The van der Waals surface area contributed by atoms with Gasteiger partial charge in [0.1, 0.15) is 11.5 Å². The summed E-state index contributed by atoms with van der Waals surface area (Å²) < 4.78 is 74.1. The first-order valence-corrected chi connectivity index (χ1v) is 16.4. The third-order valence-corrected chi connectivity index (χ3v) is 9.47. The Labute approximate surface area is 259 Å².